The molecule has 3 heterocycles. The van der Waals surface area contributed by atoms with Gasteiger partial charge in [0.1, 0.15) is 5.82 Å². The highest BCUT2D eigenvalue weighted by molar-refractivity contribution is 5.78. The van der Waals surface area contributed by atoms with E-state index >= 15 is 0 Å². The van der Waals surface area contributed by atoms with E-state index < -0.39 is 0 Å². The Labute approximate surface area is 159 Å². The van der Waals surface area contributed by atoms with E-state index in [1.54, 1.807) is 0 Å². The minimum atomic E-state index is 0.0606. The van der Waals surface area contributed by atoms with E-state index in [0.29, 0.717) is 6.42 Å². The fraction of sp³-hybridized carbons (Fsp3) is 0.476. The van der Waals surface area contributed by atoms with Gasteiger partial charge in [0.15, 0.2) is 0 Å². The lowest BCUT2D eigenvalue weighted by atomic mass is 10.1. The van der Waals surface area contributed by atoms with E-state index in [1.807, 2.05) is 40.8 Å². The number of hydrogen-bond donors (Lipinski definition) is 1. The van der Waals surface area contributed by atoms with Crippen LogP contribution in [0.4, 0.5) is 0 Å². The number of para-hydroxylation sites is 2. The molecule has 2 aromatic heterocycles. The zero-order valence-electron chi connectivity index (χ0n) is 16.3. The minimum absolute atomic E-state index is 0.0606. The highest BCUT2D eigenvalue weighted by Crippen LogP contribution is 2.32. The van der Waals surface area contributed by atoms with Gasteiger partial charge in [0.2, 0.25) is 5.91 Å². The van der Waals surface area contributed by atoms with Crippen LogP contribution in [0.25, 0.3) is 11.0 Å². The number of benzene rings is 1. The van der Waals surface area contributed by atoms with Crippen LogP contribution >= 0.6 is 0 Å². The number of amides is 1. The number of rotatable bonds is 5. The third-order valence-electron chi connectivity index (χ3n) is 5.72. The van der Waals surface area contributed by atoms with Crippen LogP contribution in [0.3, 0.4) is 0 Å². The van der Waals surface area contributed by atoms with Gasteiger partial charge < -0.3 is 9.88 Å². The second-order valence-corrected chi connectivity index (χ2v) is 7.35. The molecule has 1 fully saturated rings. The van der Waals surface area contributed by atoms with Crippen molar-refractivity contribution in [2.45, 2.75) is 59.0 Å². The van der Waals surface area contributed by atoms with Gasteiger partial charge in [-0.25, -0.2) is 4.98 Å². The molecule has 1 unspecified atom stereocenters. The maximum absolute atomic E-state index is 13.0. The van der Waals surface area contributed by atoms with Gasteiger partial charge in [-0.3, -0.25) is 9.48 Å². The number of nitrogens with zero attached hydrogens (tertiary/aromatic N) is 4. The Morgan fingerprint density at radius 3 is 2.85 bits per heavy atom. The van der Waals surface area contributed by atoms with E-state index in [9.17, 15) is 4.79 Å². The van der Waals surface area contributed by atoms with E-state index in [4.69, 9.17) is 4.98 Å². The highest BCUT2D eigenvalue weighted by atomic mass is 16.2. The summed E-state index contributed by atoms with van der Waals surface area (Å²) in [6.45, 7) is 7.90. The Balaban J connectivity index is 1.48. The number of aromatic nitrogens is 4. The maximum atomic E-state index is 13.0. The molecule has 0 radical (unpaired) electrons. The smallest absolute Gasteiger partial charge is 0.223 e. The summed E-state index contributed by atoms with van der Waals surface area (Å²) >= 11 is 0. The molecule has 1 saturated heterocycles. The normalized spacial score (nSPS) is 17.1. The zero-order valence-corrected chi connectivity index (χ0v) is 16.3. The van der Waals surface area contributed by atoms with Gasteiger partial charge in [-0.1, -0.05) is 12.1 Å². The molecule has 1 amide bonds. The molecule has 1 atom stereocenters. The third-order valence-corrected chi connectivity index (χ3v) is 5.72. The molecule has 1 N–H and O–H groups in total. The van der Waals surface area contributed by atoms with Crippen molar-refractivity contribution >= 4 is 16.9 Å². The second kappa shape index (κ2) is 7.18. The van der Waals surface area contributed by atoms with Gasteiger partial charge in [0, 0.05) is 25.2 Å². The highest BCUT2D eigenvalue weighted by Gasteiger charge is 2.32. The van der Waals surface area contributed by atoms with Gasteiger partial charge in [0.05, 0.1) is 22.8 Å². The van der Waals surface area contributed by atoms with E-state index in [2.05, 4.69) is 23.9 Å². The van der Waals surface area contributed by atoms with Crippen LogP contribution in [0.5, 0.6) is 0 Å². The van der Waals surface area contributed by atoms with Crippen LogP contribution < -0.4 is 0 Å². The van der Waals surface area contributed by atoms with Crippen LogP contribution in [0.15, 0.2) is 24.3 Å². The molecule has 6 heteroatoms. The molecular weight excluding hydrogens is 338 g/mol. The minimum Gasteiger partial charge on any atom is -0.340 e. The Hall–Kier alpha value is -2.63. The monoisotopic (exact) mass is 365 g/mol. The molecule has 6 nitrogen and oxygen atoms in total. The summed E-state index contributed by atoms with van der Waals surface area (Å²) in [6, 6.07) is 8.09. The Morgan fingerprint density at radius 2 is 2.11 bits per heavy atom. The second-order valence-electron chi connectivity index (χ2n) is 7.35. The first kappa shape index (κ1) is 17.8. The van der Waals surface area contributed by atoms with Crippen molar-refractivity contribution in [3.63, 3.8) is 0 Å². The summed E-state index contributed by atoms with van der Waals surface area (Å²) in [5, 5.41) is 4.57. The van der Waals surface area contributed by atoms with Gasteiger partial charge in [-0.15, -0.1) is 0 Å². The summed E-state index contributed by atoms with van der Waals surface area (Å²) in [7, 11) is 0. The topological polar surface area (TPSA) is 66.8 Å². The average molecular weight is 365 g/mol. The Bertz CT molecular complexity index is 937. The predicted octanol–water partition coefficient (Wildman–Crippen LogP) is 3.69. The first-order valence-electron chi connectivity index (χ1n) is 9.85. The van der Waals surface area contributed by atoms with E-state index in [1.165, 1.54) is 11.3 Å². The largest absolute Gasteiger partial charge is 0.340 e. The maximum Gasteiger partial charge on any atom is 0.223 e. The summed E-state index contributed by atoms with van der Waals surface area (Å²) in [4.78, 5) is 23.1. The van der Waals surface area contributed by atoms with E-state index in [-0.39, 0.29) is 11.9 Å². The molecule has 3 aromatic rings. The molecule has 27 heavy (non-hydrogen) atoms. The molecule has 0 aliphatic carbocycles. The molecule has 0 bridgehead atoms. The van der Waals surface area contributed by atoms with Crippen molar-refractivity contribution in [1.29, 1.82) is 0 Å². The van der Waals surface area contributed by atoms with Gasteiger partial charge in [0.25, 0.3) is 0 Å². The summed E-state index contributed by atoms with van der Waals surface area (Å²) < 4.78 is 2.02. The first-order valence-corrected chi connectivity index (χ1v) is 9.85. The number of imidazole rings is 1. The van der Waals surface area contributed by atoms with Crippen molar-refractivity contribution < 1.29 is 4.79 Å². The number of H-pyrrole nitrogens is 1. The lowest BCUT2D eigenvalue weighted by Gasteiger charge is -2.23. The number of likely N-dealkylation sites (tertiary alicyclic amines) is 1. The van der Waals surface area contributed by atoms with E-state index in [0.717, 1.165) is 54.9 Å². The molecule has 1 aliphatic heterocycles. The Kier molecular flexibility index (Phi) is 4.72. The molecule has 142 valence electrons. The molecule has 1 aliphatic rings. The van der Waals surface area contributed by atoms with Crippen molar-refractivity contribution in [1.82, 2.24) is 24.6 Å². The van der Waals surface area contributed by atoms with Gasteiger partial charge in [-0.2, -0.15) is 5.10 Å². The van der Waals surface area contributed by atoms with Crippen molar-refractivity contribution in [3.8, 4) is 0 Å². The predicted molar refractivity (Wildman–Crippen MR) is 105 cm³/mol. The fourth-order valence-electron chi connectivity index (χ4n) is 4.26. The molecule has 0 spiro atoms. The number of aromatic amines is 1. The lowest BCUT2D eigenvalue weighted by molar-refractivity contribution is -0.132. The number of carbonyl (C=O) groups is 1. The number of nitrogens with one attached hydrogen (secondary N) is 1. The summed E-state index contributed by atoms with van der Waals surface area (Å²) in [5.41, 5.74) is 5.43. The van der Waals surface area contributed by atoms with Crippen molar-refractivity contribution in [3.05, 3.63) is 47.0 Å². The third kappa shape index (κ3) is 3.24. The molecule has 0 saturated carbocycles. The SMILES string of the molecule is CCn1nc(C)c(CCC(=O)N2CCCC2c2nc3ccccc3[nH]2)c1C. The number of carbonyl (C=O) groups excluding carboxylic acids is 1. The quantitative estimate of drug-likeness (QED) is 0.750. The molecule has 1 aromatic carbocycles. The standard InChI is InChI=1S/C21H27N5O/c1-4-26-15(3)16(14(2)24-26)11-12-20(27)25-13-7-10-19(25)21-22-17-8-5-6-9-18(17)23-21/h5-6,8-9,19H,4,7,10-13H2,1-3H3,(H,22,23). The number of aryl methyl sites for hydroxylation is 2. The molecule has 4 rings (SSSR count). The summed E-state index contributed by atoms with van der Waals surface area (Å²) in [6.07, 6.45) is 3.27. The van der Waals surface area contributed by atoms with Crippen LogP contribution in [0.2, 0.25) is 0 Å². The summed E-state index contributed by atoms with van der Waals surface area (Å²) in [5.74, 6) is 1.12. The first-order chi connectivity index (χ1) is 13.1. The number of fused-ring (bicyclic) bond motifs is 1. The van der Waals surface area contributed by atoms with Crippen LogP contribution in [0, 0.1) is 13.8 Å². The zero-order chi connectivity index (χ0) is 19.0. The molecular formula is C21H27N5O. The lowest BCUT2D eigenvalue weighted by Crippen LogP contribution is -2.31. The van der Waals surface area contributed by atoms with Crippen molar-refractivity contribution in [2.24, 2.45) is 0 Å². The van der Waals surface area contributed by atoms with Crippen LogP contribution in [-0.2, 0) is 17.8 Å². The Morgan fingerprint density at radius 1 is 1.30 bits per heavy atom. The fourth-order valence-corrected chi connectivity index (χ4v) is 4.26. The average Bonchev–Trinajstić information content (AvgIpc) is 3.37. The number of hydrogen-bond acceptors (Lipinski definition) is 3. The van der Waals surface area contributed by atoms with Crippen LogP contribution in [0.1, 0.15) is 55.0 Å². The van der Waals surface area contributed by atoms with Gasteiger partial charge in [-0.05, 0) is 57.7 Å². The van der Waals surface area contributed by atoms with Gasteiger partial charge >= 0.3 is 0 Å². The van der Waals surface area contributed by atoms with Crippen LogP contribution in [-0.4, -0.2) is 37.1 Å². The van der Waals surface area contributed by atoms with Crippen molar-refractivity contribution in [2.75, 3.05) is 6.54 Å².